The molecule has 0 aliphatic heterocycles. The predicted octanol–water partition coefficient (Wildman–Crippen LogP) is 3.52. The van der Waals surface area contributed by atoms with E-state index in [2.05, 4.69) is 6.58 Å². The lowest BCUT2D eigenvalue weighted by Gasteiger charge is -2.17. The van der Waals surface area contributed by atoms with Crippen LogP contribution in [0, 0.1) is 0 Å². The first-order valence-electron chi connectivity index (χ1n) is 5.63. The number of ether oxygens (including phenoxy) is 2. The standard InChI is InChI=1S/C14H20O2/c1-5-13-8-6-7-9-14(13)16-12(4)10-15-11(2)3/h5-9,11-12H,1,10H2,2-4H3. The molecular formula is C14H20O2. The summed E-state index contributed by atoms with van der Waals surface area (Å²) in [5, 5.41) is 0. The molecule has 0 N–H and O–H groups in total. The molecule has 0 saturated heterocycles. The topological polar surface area (TPSA) is 18.5 Å². The summed E-state index contributed by atoms with van der Waals surface area (Å²) in [6.07, 6.45) is 2.08. The third-order valence-electron chi connectivity index (χ3n) is 2.13. The van der Waals surface area contributed by atoms with Crippen LogP contribution >= 0.6 is 0 Å². The van der Waals surface area contributed by atoms with Crippen LogP contribution in [-0.2, 0) is 4.74 Å². The zero-order chi connectivity index (χ0) is 12.0. The van der Waals surface area contributed by atoms with Gasteiger partial charge in [-0.3, -0.25) is 0 Å². The summed E-state index contributed by atoms with van der Waals surface area (Å²) in [5.41, 5.74) is 1.01. The molecule has 16 heavy (non-hydrogen) atoms. The molecule has 0 aliphatic carbocycles. The fraction of sp³-hybridized carbons (Fsp3) is 0.429. The first-order chi connectivity index (χ1) is 7.63. The third kappa shape index (κ3) is 4.07. The Hall–Kier alpha value is -1.28. The highest BCUT2D eigenvalue weighted by Gasteiger charge is 2.07. The smallest absolute Gasteiger partial charge is 0.127 e. The van der Waals surface area contributed by atoms with Gasteiger partial charge in [0.15, 0.2) is 0 Å². The molecule has 1 unspecified atom stereocenters. The van der Waals surface area contributed by atoms with Crippen LogP contribution in [-0.4, -0.2) is 18.8 Å². The normalized spacial score (nSPS) is 12.5. The van der Waals surface area contributed by atoms with Crippen LogP contribution in [0.3, 0.4) is 0 Å². The summed E-state index contributed by atoms with van der Waals surface area (Å²) in [6.45, 7) is 10.4. The molecule has 0 bridgehead atoms. The first-order valence-corrected chi connectivity index (χ1v) is 5.63. The summed E-state index contributed by atoms with van der Waals surface area (Å²) < 4.78 is 11.3. The van der Waals surface area contributed by atoms with Gasteiger partial charge in [-0.25, -0.2) is 0 Å². The number of hydrogen-bond donors (Lipinski definition) is 0. The second-order valence-electron chi connectivity index (χ2n) is 4.05. The van der Waals surface area contributed by atoms with E-state index < -0.39 is 0 Å². The van der Waals surface area contributed by atoms with E-state index in [1.807, 2.05) is 45.0 Å². The molecule has 1 rings (SSSR count). The fourth-order valence-electron chi connectivity index (χ4n) is 1.34. The van der Waals surface area contributed by atoms with E-state index in [0.717, 1.165) is 11.3 Å². The van der Waals surface area contributed by atoms with Crippen molar-refractivity contribution in [2.24, 2.45) is 0 Å². The molecular weight excluding hydrogens is 200 g/mol. The molecule has 0 aromatic heterocycles. The van der Waals surface area contributed by atoms with Crippen molar-refractivity contribution in [2.45, 2.75) is 33.0 Å². The summed E-state index contributed by atoms with van der Waals surface area (Å²) in [4.78, 5) is 0. The molecule has 0 fully saturated rings. The number of benzene rings is 1. The molecule has 1 aromatic carbocycles. The van der Waals surface area contributed by atoms with Gasteiger partial charge in [0.25, 0.3) is 0 Å². The van der Waals surface area contributed by atoms with E-state index >= 15 is 0 Å². The van der Waals surface area contributed by atoms with E-state index in [1.165, 1.54) is 0 Å². The lowest BCUT2D eigenvalue weighted by Crippen LogP contribution is -2.21. The maximum atomic E-state index is 5.79. The van der Waals surface area contributed by atoms with Gasteiger partial charge in [-0.05, 0) is 26.8 Å². The van der Waals surface area contributed by atoms with Crippen LogP contribution in [0.4, 0.5) is 0 Å². The van der Waals surface area contributed by atoms with Gasteiger partial charge < -0.3 is 9.47 Å². The van der Waals surface area contributed by atoms with Crippen molar-refractivity contribution in [3.8, 4) is 5.75 Å². The Morgan fingerprint density at radius 1 is 1.25 bits per heavy atom. The molecule has 2 nitrogen and oxygen atoms in total. The zero-order valence-electron chi connectivity index (χ0n) is 10.3. The minimum absolute atomic E-state index is 0.0449. The number of hydrogen-bond acceptors (Lipinski definition) is 2. The minimum Gasteiger partial charge on any atom is -0.488 e. The molecule has 0 radical (unpaired) electrons. The molecule has 2 heteroatoms. The Balaban J connectivity index is 2.55. The summed E-state index contributed by atoms with van der Waals surface area (Å²) >= 11 is 0. The van der Waals surface area contributed by atoms with Crippen LogP contribution in [0.2, 0.25) is 0 Å². The summed E-state index contributed by atoms with van der Waals surface area (Å²) in [6, 6.07) is 7.86. The van der Waals surface area contributed by atoms with E-state index in [9.17, 15) is 0 Å². The zero-order valence-corrected chi connectivity index (χ0v) is 10.3. The summed E-state index contributed by atoms with van der Waals surface area (Å²) in [7, 11) is 0. The first kappa shape index (κ1) is 12.8. The Labute approximate surface area is 97.9 Å². The molecule has 0 saturated carbocycles. The average Bonchev–Trinajstić information content (AvgIpc) is 2.27. The van der Waals surface area contributed by atoms with Gasteiger partial charge >= 0.3 is 0 Å². The van der Waals surface area contributed by atoms with Crippen molar-refractivity contribution >= 4 is 6.08 Å². The predicted molar refractivity (Wildman–Crippen MR) is 67.7 cm³/mol. The Kier molecular flexibility index (Phi) is 5.06. The second kappa shape index (κ2) is 6.33. The lowest BCUT2D eigenvalue weighted by molar-refractivity contribution is 0.0230. The van der Waals surface area contributed by atoms with Gasteiger partial charge in [-0.2, -0.15) is 0 Å². The van der Waals surface area contributed by atoms with Gasteiger partial charge in [0.05, 0.1) is 12.7 Å². The molecule has 0 aliphatic rings. The highest BCUT2D eigenvalue weighted by atomic mass is 16.5. The Morgan fingerprint density at radius 3 is 2.56 bits per heavy atom. The molecule has 1 atom stereocenters. The van der Waals surface area contributed by atoms with Crippen LogP contribution in [0.15, 0.2) is 30.8 Å². The van der Waals surface area contributed by atoms with Gasteiger partial charge in [-0.15, -0.1) is 0 Å². The molecule has 88 valence electrons. The average molecular weight is 220 g/mol. The Bertz CT molecular complexity index is 331. The van der Waals surface area contributed by atoms with Crippen molar-refractivity contribution in [2.75, 3.05) is 6.61 Å². The highest BCUT2D eigenvalue weighted by molar-refractivity contribution is 5.55. The van der Waals surface area contributed by atoms with E-state index in [-0.39, 0.29) is 12.2 Å². The van der Waals surface area contributed by atoms with Crippen molar-refractivity contribution < 1.29 is 9.47 Å². The van der Waals surface area contributed by atoms with Crippen molar-refractivity contribution in [1.82, 2.24) is 0 Å². The fourth-order valence-corrected chi connectivity index (χ4v) is 1.34. The largest absolute Gasteiger partial charge is 0.488 e. The maximum Gasteiger partial charge on any atom is 0.127 e. The lowest BCUT2D eigenvalue weighted by atomic mass is 10.2. The van der Waals surface area contributed by atoms with Gasteiger partial charge in [-0.1, -0.05) is 30.9 Å². The van der Waals surface area contributed by atoms with E-state index in [1.54, 1.807) is 6.08 Å². The number of para-hydroxylation sites is 1. The molecule has 0 spiro atoms. The Morgan fingerprint density at radius 2 is 1.94 bits per heavy atom. The number of rotatable bonds is 6. The van der Waals surface area contributed by atoms with Crippen molar-refractivity contribution in [3.05, 3.63) is 36.4 Å². The van der Waals surface area contributed by atoms with Gasteiger partial charge in [0, 0.05) is 5.56 Å². The molecule has 0 heterocycles. The quantitative estimate of drug-likeness (QED) is 0.730. The second-order valence-corrected chi connectivity index (χ2v) is 4.05. The van der Waals surface area contributed by atoms with E-state index in [4.69, 9.17) is 9.47 Å². The van der Waals surface area contributed by atoms with Gasteiger partial charge in [0.1, 0.15) is 11.9 Å². The van der Waals surface area contributed by atoms with Crippen LogP contribution in [0.1, 0.15) is 26.3 Å². The van der Waals surface area contributed by atoms with Gasteiger partial charge in [0.2, 0.25) is 0 Å². The molecule has 0 amide bonds. The monoisotopic (exact) mass is 220 g/mol. The maximum absolute atomic E-state index is 5.79. The molecule has 1 aromatic rings. The van der Waals surface area contributed by atoms with Crippen LogP contribution in [0.25, 0.3) is 6.08 Å². The minimum atomic E-state index is 0.0449. The highest BCUT2D eigenvalue weighted by Crippen LogP contribution is 2.20. The van der Waals surface area contributed by atoms with Crippen LogP contribution in [0.5, 0.6) is 5.75 Å². The van der Waals surface area contributed by atoms with Crippen molar-refractivity contribution in [1.29, 1.82) is 0 Å². The SMILES string of the molecule is C=Cc1ccccc1OC(C)COC(C)C. The van der Waals surface area contributed by atoms with E-state index in [0.29, 0.717) is 6.61 Å². The van der Waals surface area contributed by atoms with Crippen LogP contribution < -0.4 is 4.74 Å². The third-order valence-corrected chi connectivity index (χ3v) is 2.13. The summed E-state index contributed by atoms with van der Waals surface area (Å²) in [5.74, 6) is 0.859. The van der Waals surface area contributed by atoms with Crippen molar-refractivity contribution in [3.63, 3.8) is 0 Å².